The molecule has 0 bridgehead atoms. The van der Waals surface area contributed by atoms with Crippen molar-refractivity contribution in [2.75, 3.05) is 6.54 Å². The van der Waals surface area contributed by atoms with E-state index in [1.54, 1.807) is 18.3 Å². The lowest BCUT2D eigenvalue weighted by Crippen LogP contribution is -2.22. The summed E-state index contributed by atoms with van der Waals surface area (Å²) >= 11 is 0. The molecule has 1 aromatic carbocycles. The molecule has 1 unspecified atom stereocenters. The Balaban J connectivity index is 2.45. The SMILES string of the molecule is NCC(c1cccnc1)S(=O)(=O)c1ccc(F)cc1. The maximum atomic E-state index is 12.9. The number of rotatable bonds is 4. The third-order valence-electron chi connectivity index (χ3n) is 2.79. The van der Waals surface area contributed by atoms with Crippen molar-refractivity contribution < 1.29 is 12.8 Å². The van der Waals surface area contributed by atoms with Crippen LogP contribution in [0.15, 0.2) is 53.7 Å². The van der Waals surface area contributed by atoms with E-state index in [1.165, 1.54) is 18.3 Å². The van der Waals surface area contributed by atoms with E-state index >= 15 is 0 Å². The second-order valence-corrected chi connectivity index (χ2v) is 6.14. The zero-order valence-electron chi connectivity index (χ0n) is 10.0. The Morgan fingerprint density at radius 3 is 2.42 bits per heavy atom. The zero-order chi connectivity index (χ0) is 13.9. The molecule has 0 aliphatic rings. The maximum absolute atomic E-state index is 12.9. The summed E-state index contributed by atoms with van der Waals surface area (Å²) in [4.78, 5) is 3.94. The van der Waals surface area contributed by atoms with Crippen LogP contribution in [0.3, 0.4) is 0 Å². The van der Waals surface area contributed by atoms with Crippen LogP contribution in [0.2, 0.25) is 0 Å². The molecule has 2 aromatic rings. The number of nitrogens with two attached hydrogens (primary N) is 1. The van der Waals surface area contributed by atoms with Crippen molar-refractivity contribution in [1.82, 2.24) is 4.98 Å². The standard InChI is InChI=1S/C13H13FN2O2S/c14-11-3-5-12(6-4-11)19(17,18)13(8-15)10-2-1-7-16-9-10/h1-7,9,13H,8,15H2. The van der Waals surface area contributed by atoms with E-state index in [0.29, 0.717) is 5.56 Å². The number of sulfone groups is 1. The van der Waals surface area contributed by atoms with Gasteiger partial charge in [-0.15, -0.1) is 0 Å². The van der Waals surface area contributed by atoms with Gasteiger partial charge < -0.3 is 5.73 Å². The first kappa shape index (κ1) is 13.6. The van der Waals surface area contributed by atoms with Crippen LogP contribution in [0.4, 0.5) is 4.39 Å². The van der Waals surface area contributed by atoms with Crippen LogP contribution >= 0.6 is 0 Å². The molecular weight excluding hydrogens is 267 g/mol. The summed E-state index contributed by atoms with van der Waals surface area (Å²) in [7, 11) is -3.65. The van der Waals surface area contributed by atoms with Crippen molar-refractivity contribution >= 4 is 9.84 Å². The van der Waals surface area contributed by atoms with E-state index in [0.717, 1.165) is 12.1 Å². The largest absolute Gasteiger partial charge is 0.329 e. The highest BCUT2D eigenvalue weighted by Gasteiger charge is 2.28. The summed E-state index contributed by atoms with van der Waals surface area (Å²) in [6.07, 6.45) is 3.03. The first-order valence-corrected chi connectivity index (χ1v) is 7.20. The molecule has 0 aliphatic heterocycles. The fourth-order valence-electron chi connectivity index (χ4n) is 1.80. The molecule has 100 valence electrons. The summed E-state index contributed by atoms with van der Waals surface area (Å²) in [6.45, 7) is -0.0641. The fourth-order valence-corrected chi connectivity index (χ4v) is 3.39. The predicted octanol–water partition coefficient (Wildman–Crippen LogP) is 1.69. The molecule has 0 amide bonds. The predicted molar refractivity (Wildman–Crippen MR) is 69.6 cm³/mol. The molecule has 6 heteroatoms. The van der Waals surface area contributed by atoms with Gasteiger partial charge in [0, 0.05) is 18.9 Å². The van der Waals surface area contributed by atoms with Crippen LogP contribution in [0.25, 0.3) is 0 Å². The minimum atomic E-state index is -3.65. The highest BCUT2D eigenvalue weighted by atomic mass is 32.2. The van der Waals surface area contributed by atoms with E-state index in [9.17, 15) is 12.8 Å². The quantitative estimate of drug-likeness (QED) is 0.865. The van der Waals surface area contributed by atoms with Gasteiger partial charge in [-0.05, 0) is 35.9 Å². The van der Waals surface area contributed by atoms with Gasteiger partial charge in [-0.1, -0.05) is 6.07 Å². The molecule has 0 fully saturated rings. The van der Waals surface area contributed by atoms with Crippen molar-refractivity contribution in [3.05, 3.63) is 60.2 Å². The topological polar surface area (TPSA) is 73.0 Å². The van der Waals surface area contributed by atoms with Crippen LogP contribution in [0.5, 0.6) is 0 Å². The molecule has 2 rings (SSSR count). The van der Waals surface area contributed by atoms with Crippen molar-refractivity contribution in [3.63, 3.8) is 0 Å². The van der Waals surface area contributed by atoms with E-state index in [2.05, 4.69) is 4.98 Å². The molecule has 0 radical (unpaired) electrons. The lowest BCUT2D eigenvalue weighted by atomic mass is 10.2. The third-order valence-corrected chi connectivity index (χ3v) is 4.93. The molecule has 1 aromatic heterocycles. The van der Waals surface area contributed by atoms with Crippen LogP contribution in [-0.4, -0.2) is 19.9 Å². The molecule has 1 atom stereocenters. The fraction of sp³-hybridized carbons (Fsp3) is 0.154. The molecule has 2 N–H and O–H groups in total. The molecule has 1 heterocycles. The first-order valence-electron chi connectivity index (χ1n) is 5.65. The normalized spacial score (nSPS) is 13.2. The van der Waals surface area contributed by atoms with Crippen molar-refractivity contribution in [2.24, 2.45) is 5.73 Å². The Morgan fingerprint density at radius 1 is 1.21 bits per heavy atom. The van der Waals surface area contributed by atoms with Gasteiger partial charge in [0.05, 0.1) is 4.90 Å². The van der Waals surface area contributed by atoms with Crippen LogP contribution < -0.4 is 5.73 Å². The summed E-state index contributed by atoms with van der Waals surface area (Å²) in [5.74, 6) is -0.482. The van der Waals surface area contributed by atoms with E-state index in [-0.39, 0.29) is 11.4 Å². The molecule has 0 spiro atoms. The lowest BCUT2D eigenvalue weighted by molar-refractivity contribution is 0.581. The Kier molecular flexibility index (Phi) is 3.92. The van der Waals surface area contributed by atoms with Crippen molar-refractivity contribution in [2.45, 2.75) is 10.1 Å². The van der Waals surface area contributed by atoms with E-state index in [4.69, 9.17) is 5.73 Å². The van der Waals surface area contributed by atoms with Gasteiger partial charge in [-0.25, -0.2) is 12.8 Å². The van der Waals surface area contributed by atoms with Gasteiger partial charge in [0.1, 0.15) is 11.1 Å². The first-order chi connectivity index (χ1) is 9.05. The average molecular weight is 280 g/mol. The zero-order valence-corrected chi connectivity index (χ0v) is 10.8. The highest BCUT2D eigenvalue weighted by molar-refractivity contribution is 7.91. The average Bonchev–Trinajstić information content (AvgIpc) is 2.41. The van der Waals surface area contributed by atoms with Gasteiger partial charge in [0.2, 0.25) is 0 Å². The molecule has 0 saturated heterocycles. The summed E-state index contributed by atoms with van der Waals surface area (Å²) < 4.78 is 37.7. The van der Waals surface area contributed by atoms with E-state index < -0.39 is 20.9 Å². The number of hydrogen-bond acceptors (Lipinski definition) is 4. The number of nitrogens with zero attached hydrogens (tertiary/aromatic N) is 1. The Labute approximate surface area is 111 Å². The second-order valence-electron chi connectivity index (χ2n) is 4.01. The molecular formula is C13H13FN2O2S. The van der Waals surface area contributed by atoms with Gasteiger partial charge in [-0.3, -0.25) is 4.98 Å². The Bertz CT molecular complexity index is 642. The summed E-state index contributed by atoms with van der Waals surface area (Å²) in [5, 5.41) is -0.883. The van der Waals surface area contributed by atoms with Crippen LogP contribution in [-0.2, 0) is 9.84 Å². The van der Waals surface area contributed by atoms with Crippen LogP contribution in [0, 0.1) is 5.82 Å². The van der Waals surface area contributed by atoms with Crippen molar-refractivity contribution in [3.8, 4) is 0 Å². The number of hydrogen-bond donors (Lipinski definition) is 1. The Hall–Kier alpha value is -1.79. The van der Waals surface area contributed by atoms with Gasteiger partial charge >= 0.3 is 0 Å². The van der Waals surface area contributed by atoms with E-state index in [1.807, 2.05) is 0 Å². The van der Waals surface area contributed by atoms with Gasteiger partial charge in [-0.2, -0.15) is 0 Å². The summed E-state index contributed by atoms with van der Waals surface area (Å²) in [5.41, 5.74) is 6.10. The minimum Gasteiger partial charge on any atom is -0.329 e. The highest BCUT2D eigenvalue weighted by Crippen LogP contribution is 2.27. The molecule has 4 nitrogen and oxygen atoms in total. The lowest BCUT2D eigenvalue weighted by Gasteiger charge is -2.15. The molecule has 0 aliphatic carbocycles. The summed E-state index contributed by atoms with van der Waals surface area (Å²) in [6, 6.07) is 8.02. The van der Waals surface area contributed by atoms with Gasteiger partial charge in [0.25, 0.3) is 0 Å². The molecule has 19 heavy (non-hydrogen) atoms. The van der Waals surface area contributed by atoms with Gasteiger partial charge in [0.15, 0.2) is 9.84 Å². The Morgan fingerprint density at radius 2 is 1.89 bits per heavy atom. The number of benzene rings is 1. The third kappa shape index (κ3) is 2.80. The second kappa shape index (κ2) is 5.46. The van der Waals surface area contributed by atoms with Crippen molar-refractivity contribution in [1.29, 1.82) is 0 Å². The minimum absolute atomic E-state index is 0.0493. The monoisotopic (exact) mass is 280 g/mol. The number of aromatic nitrogens is 1. The maximum Gasteiger partial charge on any atom is 0.186 e. The number of halogens is 1. The number of pyridine rings is 1. The molecule has 0 saturated carbocycles. The van der Waals surface area contributed by atoms with Crippen LogP contribution in [0.1, 0.15) is 10.8 Å². The smallest absolute Gasteiger partial charge is 0.186 e.